The minimum Gasteiger partial charge on any atom is -0.379 e. The Labute approximate surface area is 200 Å². The van der Waals surface area contributed by atoms with Gasteiger partial charge in [0.25, 0.3) is 5.56 Å². The average molecular weight is 475 g/mol. The first kappa shape index (κ1) is 24.4. The van der Waals surface area contributed by atoms with E-state index in [4.69, 9.17) is 9.72 Å². The van der Waals surface area contributed by atoms with E-state index in [0.717, 1.165) is 67.7 Å². The summed E-state index contributed by atoms with van der Waals surface area (Å²) >= 11 is 1.70. The Morgan fingerprint density at radius 2 is 2.03 bits per heavy atom. The molecule has 0 radical (unpaired) electrons. The third-order valence-electron chi connectivity index (χ3n) is 7.10. The minimum atomic E-state index is 0.00427. The highest BCUT2D eigenvalue weighted by molar-refractivity contribution is 7.18. The zero-order valence-corrected chi connectivity index (χ0v) is 21.2. The third kappa shape index (κ3) is 5.66. The SMILES string of the molecule is CC1CCc2c(sc3nc(C(C)N4CCC(C(=O)NCCCOC(C)C)CC4)[nH]c(=O)c23)C1. The van der Waals surface area contributed by atoms with E-state index in [9.17, 15) is 9.59 Å². The molecule has 4 rings (SSSR count). The fourth-order valence-electron chi connectivity index (χ4n) is 5.03. The van der Waals surface area contributed by atoms with Crippen LogP contribution in [-0.4, -0.2) is 53.1 Å². The van der Waals surface area contributed by atoms with Crippen molar-refractivity contribution in [1.29, 1.82) is 0 Å². The minimum absolute atomic E-state index is 0.00427. The van der Waals surface area contributed by atoms with Crippen LogP contribution in [-0.2, 0) is 22.4 Å². The zero-order chi connectivity index (χ0) is 23.5. The van der Waals surface area contributed by atoms with E-state index in [-0.39, 0.29) is 29.5 Å². The van der Waals surface area contributed by atoms with Crippen LogP contribution >= 0.6 is 11.3 Å². The summed E-state index contributed by atoms with van der Waals surface area (Å²) in [4.78, 5) is 38.0. The smallest absolute Gasteiger partial charge is 0.259 e. The number of piperidine rings is 1. The van der Waals surface area contributed by atoms with Gasteiger partial charge in [-0.25, -0.2) is 4.98 Å². The van der Waals surface area contributed by atoms with Gasteiger partial charge < -0.3 is 15.0 Å². The van der Waals surface area contributed by atoms with Gasteiger partial charge in [-0.1, -0.05) is 6.92 Å². The topological polar surface area (TPSA) is 87.3 Å². The number of rotatable bonds is 8. The lowest BCUT2D eigenvalue weighted by Crippen LogP contribution is -2.42. The molecule has 1 saturated heterocycles. The van der Waals surface area contributed by atoms with Gasteiger partial charge >= 0.3 is 0 Å². The average Bonchev–Trinajstić information content (AvgIpc) is 3.16. The van der Waals surface area contributed by atoms with E-state index in [1.807, 2.05) is 13.8 Å². The summed E-state index contributed by atoms with van der Waals surface area (Å²) in [6.45, 7) is 11.4. The lowest BCUT2D eigenvalue weighted by Gasteiger charge is -2.35. The number of nitrogens with zero attached hydrogens (tertiary/aromatic N) is 2. The largest absolute Gasteiger partial charge is 0.379 e. The number of aryl methyl sites for hydroxylation is 1. The molecule has 2 unspecified atom stereocenters. The van der Waals surface area contributed by atoms with E-state index in [1.165, 1.54) is 10.4 Å². The number of carbonyl (C=O) groups is 1. The first-order valence-corrected chi connectivity index (χ1v) is 13.3. The highest BCUT2D eigenvalue weighted by atomic mass is 32.1. The van der Waals surface area contributed by atoms with Crippen LogP contribution in [0.5, 0.6) is 0 Å². The van der Waals surface area contributed by atoms with Crippen LogP contribution < -0.4 is 10.9 Å². The molecule has 2 aromatic rings. The van der Waals surface area contributed by atoms with Crippen LogP contribution in [0, 0.1) is 11.8 Å². The number of nitrogens with one attached hydrogen (secondary N) is 2. The van der Waals surface area contributed by atoms with Gasteiger partial charge in [-0.2, -0.15) is 0 Å². The maximum atomic E-state index is 13.0. The lowest BCUT2D eigenvalue weighted by molar-refractivity contribution is -0.126. The monoisotopic (exact) mass is 474 g/mol. The van der Waals surface area contributed by atoms with Crippen molar-refractivity contribution in [3.63, 3.8) is 0 Å². The molecule has 7 nitrogen and oxygen atoms in total. The molecule has 182 valence electrons. The van der Waals surface area contributed by atoms with Gasteiger partial charge in [0.2, 0.25) is 5.91 Å². The van der Waals surface area contributed by atoms with Crippen LogP contribution in [0.25, 0.3) is 10.2 Å². The number of hydrogen-bond acceptors (Lipinski definition) is 6. The summed E-state index contributed by atoms with van der Waals surface area (Å²) in [5, 5.41) is 3.87. The van der Waals surface area contributed by atoms with Crippen molar-refractivity contribution in [1.82, 2.24) is 20.2 Å². The summed E-state index contributed by atoms with van der Waals surface area (Å²) in [5.41, 5.74) is 1.23. The second-order valence-electron chi connectivity index (χ2n) is 10.0. The molecule has 1 fully saturated rings. The normalized spacial score (nSPS) is 20.8. The molecule has 3 heterocycles. The van der Waals surface area contributed by atoms with Crippen LogP contribution in [0.1, 0.15) is 75.7 Å². The van der Waals surface area contributed by atoms with Gasteiger partial charge in [0.15, 0.2) is 0 Å². The molecule has 1 aliphatic heterocycles. The summed E-state index contributed by atoms with van der Waals surface area (Å²) in [7, 11) is 0. The van der Waals surface area contributed by atoms with E-state index < -0.39 is 0 Å². The number of H-pyrrole nitrogens is 1. The Morgan fingerprint density at radius 1 is 1.27 bits per heavy atom. The Morgan fingerprint density at radius 3 is 2.76 bits per heavy atom. The molecule has 0 aromatic carbocycles. The van der Waals surface area contributed by atoms with Crippen LogP contribution in [0.3, 0.4) is 0 Å². The van der Waals surface area contributed by atoms with Crippen LogP contribution in [0.4, 0.5) is 0 Å². The molecular weight excluding hydrogens is 436 g/mol. The maximum Gasteiger partial charge on any atom is 0.259 e. The van der Waals surface area contributed by atoms with Crippen molar-refractivity contribution in [2.24, 2.45) is 11.8 Å². The number of fused-ring (bicyclic) bond motifs is 3. The second kappa shape index (κ2) is 10.7. The van der Waals surface area contributed by atoms with Crippen molar-refractivity contribution in [2.75, 3.05) is 26.2 Å². The predicted octanol–water partition coefficient (Wildman–Crippen LogP) is 3.81. The molecule has 33 heavy (non-hydrogen) atoms. The predicted molar refractivity (Wildman–Crippen MR) is 133 cm³/mol. The van der Waals surface area contributed by atoms with Crippen molar-refractivity contribution < 1.29 is 9.53 Å². The number of aromatic nitrogens is 2. The summed E-state index contributed by atoms with van der Waals surface area (Å²) < 4.78 is 5.53. The van der Waals surface area contributed by atoms with Crippen molar-refractivity contribution in [2.45, 2.75) is 78.4 Å². The number of thiophene rings is 1. The molecule has 2 aliphatic rings. The highest BCUT2D eigenvalue weighted by Gasteiger charge is 2.29. The lowest BCUT2D eigenvalue weighted by atomic mass is 9.89. The Balaban J connectivity index is 1.33. The first-order chi connectivity index (χ1) is 15.8. The number of hydrogen-bond donors (Lipinski definition) is 2. The van der Waals surface area contributed by atoms with Gasteiger partial charge in [-0.15, -0.1) is 11.3 Å². The van der Waals surface area contributed by atoms with E-state index in [1.54, 1.807) is 11.3 Å². The number of aromatic amines is 1. The van der Waals surface area contributed by atoms with E-state index in [0.29, 0.717) is 19.1 Å². The molecule has 8 heteroatoms. The van der Waals surface area contributed by atoms with Crippen molar-refractivity contribution in [3.05, 3.63) is 26.6 Å². The van der Waals surface area contributed by atoms with Gasteiger partial charge in [-0.3, -0.25) is 14.5 Å². The third-order valence-corrected chi connectivity index (χ3v) is 8.25. The van der Waals surface area contributed by atoms with Gasteiger partial charge in [-0.05, 0) is 83.9 Å². The molecule has 0 saturated carbocycles. The quantitative estimate of drug-likeness (QED) is 0.568. The number of amides is 1. The van der Waals surface area contributed by atoms with Crippen LogP contribution in [0.2, 0.25) is 0 Å². The number of ether oxygens (including phenoxy) is 1. The Kier molecular flexibility index (Phi) is 7.87. The maximum absolute atomic E-state index is 13.0. The fourth-order valence-corrected chi connectivity index (χ4v) is 6.42. The molecule has 1 amide bonds. The van der Waals surface area contributed by atoms with Gasteiger partial charge in [0.1, 0.15) is 10.7 Å². The zero-order valence-electron chi connectivity index (χ0n) is 20.4. The number of carbonyl (C=O) groups excluding carboxylic acids is 1. The molecule has 2 aromatic heterocycles. The number of likely N-dealkylation sites (tertiary alicyclic amines) is 1. The molecule has 0 bridgehead atoms. The van der Waals surface area contributed by atoms with E-state index >= 15 is 0 Å². The molecule has 0 spiro atoms. The fraction of sp³-hybridized carbons (Fsp3) is 0.720. The second-order valence-corrected chi connectivity index (χ2v) is 11.1. The first-order valence-electron chi connectivity index (χ1n) is 12.5. The molecular formula is C25H38N4O3S. The molecule has 2 atom stereocenters. The van der Waals surface area contributed by atoms with Gasteiger partial charge in [0.05, 0.1) is 17.5 Å². The summed E-state index contributed by atoms with van der Waals surface area (Å²) in [6.07, 6.45) is 5.91. The van der Waals surface area contributed by atoms with E-state index in [2.05, 4.69) is 29.0 Å². The Hall–Kier alpha value is -1.77. The summed E-state index contributed by atoms with van der Waals surface area (Å²) in [6, 6.07) is 0.0253. The van der Waals surface area contributed by atoms with Gasteiger partial charge in [0, 0.05) is 23.9 Å². The Bertz CT molecular complexity index is 1020. The van der Waals surface area contributed by atoms with Crippen molar-refractivity contribution in [3.8, 4) is 0 Å². The van der Waals surface area contributed by atoms with Crippen molar-refractivity contribution >= 4 is 27.5 Å². The standard InChI is InChI=1S/C25H38N4O3S/c1-15(2)32-13-5-10-26-23(30)18-8-11-29(12-9-18)17(4)22-27-24(31)21-19-7-6-16(3)14-20(19)33-25(21)28-22/h15-18H,5-14H2,1-4H3,(H,26,30)(H,27,28,31). The molecule has 2 N–H and O–H groups in total. The van der Waals surface area contributed by atoms with Crippen LogP contribution in [0.15, 0.2) is 4.79 Å². The highest BCUT2D eigenvalue weighted by Crippen LogP contribution is 2.36. The summed E-state index contributed by atoms with van der Waals surface area (Å²) in [5.74, 6) is 1.63. The molecule has 1 aliphatic carbocycles.